The van der Waals surface area contributed by atoms with E-state index >= 15 is 0 Å². The second-order valence-electron chi connectivity index (χ2n) is 4.24. The molecule has 0 aliphatic carbocycles. The van der Waals surface area contributed by atoms with E-state index in [0.717, 1.165) is 12.1 Å². The van der Waals surface area contributed by atoms with Crippen LogP contribution in [0.2, 0.25) is 0 Å². The van der Waals surface area contributed by atoms with Crippen LogP contribution in [0.4, 0.5) is 4.39 Å². The second-order valence-corrected chi connectivity index (χ2v) is 4.24. The first-order valence-electron chi connectivity index (χ1n) is 5.91. The Morgan fingerprint density at radius 1 is 1.44 bits per heavy atom. The maximum absolute atomic E-state index is 13.8. The number of hydrogen-bond donors (Lipinski definition) is 0. The van der Waals surface area contributed by atoms with Crippen molar-refractivity contribution in [2.45, 2.75) is 26.8 Å². The molecule has 18 heavy (non-hydrogen) atoms. The Bertz CT molecular complexity index is 575. The molecule has 0 aliphatic rings. The standard InChI is InChI=1S/C14H15FN2O/c1-3-17-9-11(8-16-17)7-13(18)12-6-4-5-10(2)14(12)15/h4-6,8-9H,3,7H2,1-2H3. The summed E-state index contributed by atoms with van der Waals surface area (Å²) < 4.78 is 15.5. The highest BCUT2D eigenvalue weighted by molar-refractivity contribution is 5.97. The molecular formula is C14H15FN2O. The molecule has 94 valence electrons. The summed E-state index contributed by atoms with van der Waals surface area (Å²) in [7, 11) is 0. The molecule has 1 heterocycles. The Kier molecular flexibility index (Phi) is 3.55. The zero-order chi connectivity index (χ0) is 13.1. The number of halogens is 1. The Labute approximate surface area is 105 Å². The number of carbonyl (C=O) groups is 1. The molecule has 0 amide bonds. The first-order chi connectivity index (χ1) is 8.61. The Morgan fingerprint density at radius 2 is 2.22 bits per heavy atom. The van der Waals surface area contributed by atoms with E-state index in [-0.39, 0.29) is 17.8 Å². The summed E-state index contributed by atoms with van der Waals surface area (Å²) in [5, 5.41) is 4.09. The minimum Gasteiger partial charge on any atom is -0.294 e. The third-order valence-electron chi connectivity index (χ3n) is 2.87. The topological polar surface area (TPSA) is 34.9 Å². The van der Waals surface area contributed by atoms with Crippen molar-refractivity contribution in [3.8, 4) is 0 Å². The van der Waals surface area contributed by atoms with Gasteiger partial charge in [0.2, 0.25) is 0 Å². The largest absolute Gasteiger partial charge is 0.294 e. The van der Waals surface area contributed by atoms with Gasteiger partial charge in [-0.1, -0.05) is 12.1 Å². The second kappa shape index (κ2) is 5.12. The van der Waals surface area contributed by atoms with Crippen LogP contribution in [0.25, 0.3) is 0 Å². The summed E-state index contributed by atoms with van der Waals surface area (Å²) >= 11 is 0. The highest BCUT2D eigenvalue weighted by Gasteiger charge is 2.14. The zero-order valence-corrected chi connectivity index (χ0v) is 10.5. The molecule has 0 fully saturated rings. The smallest absolute Gasteiger partial charge is 0.170 e. The third-order valence-corrected chi connectivity index (χ3v) is 2.87. The van der Waals surface area contributed by atoms with E-state index in [1.54, 1.807) is 29.9 Å². The van der Waals surface area contributed by atoms with E-state index < -0.39 is 5.82 Å². The number of aromatic nitrogens is 2. The zero-order valence-electron chi connectivity index (χ0n) is 10.5. The van der Waals surface area contributed by atoms with Gasteiger partial charge in [-0.2, -0.15) is 5.10 Å². The molecule has 0 unspecified atom stereocenters. The van der Waals surface area contributed by atoms with Gasteiger partial charge in [0.25, 0.3) is 0 Å². The molecule has 1 aromatic heterocycles. The molecule has 4 heteroatoms. The van der Waals surface area contributed by atoms with Crippen molar-refractivity contribution in [2.75, 3.05) is 0 Å². The Balaban J connectivity index is 2.19. The maximum atomic E-state index is 13.8. The lowest BCUT2D eigenvalue weighted by molar-refractivity contribution is 0.0989. The van der Waals surface area contributed by atoms with Gasteiger partial charge in [0, 0.05) is 19.2 Å². The first-order valence-corrected chi connectivity index (χ1v) is 5.91. The van der Waals surface area contributed by atoms with Crippen LogP contribution < -0.4 is 0 Å². The van der Waals surface area contributed by atoms with Gasteiger partial charge in [-0.15, -0.1) is 0 Å². The van der Waals surface area contributed by atoms with Gasteiger partial charge < -0.3 is 0 Å². The number of benzene rings is 1. The lowest BCUT2D eigenvalue weighted by Crippen LogP contribution is -2.06. The minimum absolute atomic E-state index is 0.152. The van der Waals surface area contributed by atoms with Crippen molar-refractivity contribution in [1.29, 1.82) is 0 Å². The van der Waals surface area contributed by atoms with Crippen LogP contribution in [0.1, 0.15) is 28.4 Å². The van der Waals surface area contributed by atoms with Gasteiger partial charge in [0.05, 0.1) is 11.8 Å². The summed E-state index contributed by atoms with van der Waals surface area (Å²) in [6.45, 7) is 4.38. The van der Waals surface area contributed by atoms with Crippen LogP contribution in [-0.2, 0) is 13.0 Å². The van der Waals surface area contributed by atoms with E-state index in [1.165, 1.54) is 6.07 Å². The van der Waals surface area contributed by atoms with Crippen LogP contribution in [0.15, 0.2) is 30.6 Å². The van der Waals surface area contributed by atoms with Crippen molar-refractivity contribution in [1.82, 2.24) is 9.78 Å². The first kappa shape index (κ1) is 12.5. The van der Waals surface area contributed by atoms with Crippen LogP contribution in [-0.4, -0.2) is 15.6 Å². The number of Topliss-reactive ketones (excluding diaryl/α,β-unsaturated/α-hetero) is 1. The highest BCUT2D eigenvalue weighted by Crippen LogP contribution is 2.14. The van der Waals surface area contributed by atoms with E-state index in [4.69, 9.17) is 0 Å². The molecule has 3 nitrogen and oxygen atoms in total. The van der Waals surface area contributed by atoms with Crippen molar-refractivity contribution in [2.24, 2.45) is 0 Å². The lowest BCUT2D eigenvalue weighted by Gasteiger charge is -2.03. The average Bonchev–Trinajstić information content (AvgIpc) is 2.80. The predicted octanol–water partition coefficient (Wildman–Crippen LogP) is 2.78. The molecule has 0 atom stereocenters. The van der Waals surface area contributed by atoms with Gasteiger partial charge in [-0.3, -0.25) is 9.48 Å². The number of carbonyl (C=O) groups excluding carboxylic acids is 1. The van der Waals surface area contributed by atoms with Crippen molar-refractivity contribution >= 4 is 5.78 Å². The van der Waals surface area contributed by atoms with Gasteiger partial charge >= 0.3 is 0 Å². The molecule has 0 saturated heterocycles. The number of ketones is 1. The van der Waals surface area contributed by atoms with Gasteiger partial charge in [-0.05, 0) is 31.0 Å². The number of nitrogens with zero attached hydrogens (tertiary/aromatic N) is 2. The van der Waals surface area contributed by atoms with Crippen LogP contribution in [0.3, 0.4) is 0 Å². The molecule has 0 saturated carbocycles. The maximum Gasteiger partial charge on any atom is 0.170 e. The molecule has 0 spiro atoms. The van der Waals surface area contributed by atoms with Crippen LogP contribution in [0, 0.1) is 12.7 Å². The SMILES string of the molecule is CCn1cc(CC(=O)c2cccc(C)c2F)cn1. The minimum atomic E-state index is -0.426. The molecule has 2 aromatic rings. The van der Waals surface area contributed by atoms with Gasteiger partial charge in [0.15, 0.2) is 5.78 Å². The molecular weight excluding hydrogens is 231 g/mol. The van der Waals surface area contributed by atoms with Crippen molar-refractivity contribution in [3.63, 3.8) is 0 Å². The lowest BCUT2D eigenvalue weighted by atomic mass is 10.0. The summed E-state index contributed by atoms with van der Waals surface area (Å²) in [5.74, 6) is -0.641. The van der Waals surface area contributed by atoms with Gasteiger partial charge in [0.1, 0.15) is 5.82 Å². The monoisotopic (exact) mass is 246 g/mol. The van der Waals surface area contributed by atoms with E-state index in [0.29, 0.717) is 5.56 Å². The molecule has 0 aliphatic heterocycles. The normalized spacial score (nSPS) is 10.6. The van der Waals surface area contributed by atoms with E-state index in [1.807, 2.05) is 13.1 Å². The molecule has 0 N–H and O–H groups in total. The third kappa shape index (κ3) is 2.47. The Hall–Kier alpha value is -1.97. The van der Waals surface area contributed by atoms with Crippen LogP contribution in [0.5, 0.6) is 0 Å². The Morgan fingerprint density at radius 3 is 2.89 bits per heavy atom. The van der Waals surface area contributed by atoms with E-state index in [2.05, 4.69) is 5.10 Å². The molecule has 0 radical (unpaired) electrons. The predicted molar refractivity (Wildman–Crippen MR) is 67.1 cm³/mol. The summed E-state index contributed by atoms with van der Waals surface area (Å²) in [4.78, 5) is 12.0. The number of hydrogen-bond acceptors (Lipinski definition) is 2. The fourth-order valence-corrected chi connectivity index (χ4v) is 1.81. The number of aryl methyl sites for hydroxylation is 2. The van der Waals surface area contributed by atoms with Crippen LogP contribution >= 0.6 is 0 Å². The summed E-state index contributed by atoms with van der Waals surface area (Å²) in [5.41, 5.74) is 1.45. The fourth-order valence-electron chi connectivity index (χ4n) is 1.81. The molecule has 1 aromatic carbocycles. The number of rotatable bonds is 4. The average molecular weight is 246 g/mol. The molecule has 0 bridgehead atoms. The molecule has 2 rings (SSSR count). The fraction of sp³-hybridized carbons (Fsp3) is 0.286. The summed E-state index contributed by atoms with van der Waals surface area (Å²) in [6, 6.07) is 4.87. The van der Waals surface area contributed by atoms with Crippen molar-refractivity contribution in [3.05, 3.63) is 53.1 Å². The quantitative estimate of drug-likeness (QED) is 0.777. The van der Waals surface area contributed by atoms with Gasteiger partial charge in [-0.25, -0.2) is 4.39 Å². The highest BCUT2D eigenvalue weighted by atomic mass is 19.1. The van der Waals surface area contributed by atoms with Crippen molar-refractivity contribution < 1.29 is 9.18 Å². The van der Waals surface area contributed by atoms with E-state index in [9.17, 15) is 9.18 Å². The summed E-state index contributed by atoms with van der Waals surface area (Å²) in [6.07, 6.45) is 3.64.